The molecule has 29 heavy (non-hydrogen) atoms. The van der Waals surface area contributed by atoms with Crippen molar-refractivity contribution in [3.05, 3.63) is 29.8 Å². The van der Waals surface area contributed by atoms with Gasteiger partial charge in [0.05, 0.1) is 13.0 Å². The molecule has 6 heteroatoms. The number of benzene rings is 1. The van der Waals surface area contributed by atoms with E-state index in [1.807, 2.05) is 23.1 Å². The van der Waals surface area contributed by atoms with Gasteiger partial charge in [0, 0.05) is 49.2 Å². The number of rotatable bonds is 5. The maximum atomic E-state index is 13.0. The Labute approximate surface area is 173 Å². The fraction of sp³-hybridized carbons (Fsp3) is 0.652. The van der Waals surface area contributed by atoms with Gasteiger partial charge in [-0.05, 0) is 44.4 Å². The summed E-state index contributed by atoms with van der Waals surface area (Å²) in [4.78, 5) is 30.1. The highest BCUT2D eigenvalue weighted by Crippen LogP contribution is 2.44. The molecule has 1 unspecified atom stereocenters. The molecule has 6 nitrogen and oxygen atoms in total. The van der Waals surface area contributed by atoms with E-state index in [1.54, 1.807) is 13.2 Å². The number of hydrogen-bond acceptors (Lipinski definition) is 4. The number of nitrogens with one attached hydrogen (secondary N) is 1. The van der Waals surface area contributed by atoms with Gasteiger partial charge in [0.2, 0.25) is 5.91 Å². The van der Waals surface area contributed by atoms with Crippen molar-refractivity contribution in [2.45, 2.75) is 51.1 Å². The maximum absolute atomic E-state index is 13.0. The Morgan fingerprint density at radius 2 is 2.07 bits per heavy atom. The summed E-state index contributed by atoms with van der Waals surface area (Å²) in [6.45, 7) is 7.75. The molecule has 0 radical (unpaired) electrons. The highest BCUT2D eigenvalue weighted by Gasteiger charge is 2.57. The molecule has 1 aromatic rings. The topological polar surface area (TPSA) is 61.9 Å². The van der Waals surface area contributed by atoms with E-state index in [9.17, 15) is 9.59 Å². The Hall–Kier alpha value is -2.08. The highest BCUT2D eigenvalue weighted by atomic mass is 16.5. The molecular formula is C23H33N3O3. The molecule has 3 fully saturated rings. The zero-order chi connectivity index (χ0) is 20.6. The number of nitrogens with zero attached hydrogens (tertiary/aromatic N) is 2. The number of piperidine rings is 1. The van der Waals surface area contributed by atoms with Crippen LogP contribution in [0.2, 0.25) is 0 Å². The molecule has 0 aliphatic carbocycles. The zero-order valence-electron chi connectivity index (χ0n) is 17.8. The summed E-state index contributed by atoms with van der Waals surface area (Å²) in [6.07, 6.45) is 4.03. The fourth-order valence-electron chi connectivity index (χ4n) is 5.59. The zero-order valence-corrected chi connectivity index (χ0v) is 17.8. The Morgan fingerprint density at radius 1 is 1.31 bits per heavy atom. The average Bonchev–Trinajstić information content (AvgIpc) is 3.29. The Bertz CT molecular complexity index is 772. The van der Waals surface area contributed by atoms with Gasteiger partial charge in [0.25, 0.3) is 5.91 Å². The number of fused-ring (bicyclic) bond motifs is 2. The lowest BCUT2D eigenvalue weighted by Crippen LogP contribution is -2.56. The molecule has 3 atom stereocenters. The van der Waals surface area contributed by atoms with Gasteiger partial charge in [-0.2, -0.15) is 0 Å². The van der Waals surface area contributed by atoms with Crippen LogP contribution in [0.4, 0.5) is 0 Å². The predicted molar refractivity (Wildman–Crippen MR) is 112 cm³/mol. The van der Waals surface area contributed by atoms with E-state index in [4.69, 9.17) is 4.74 Å². The average molecular weight is 400 g/mol. The number of hydrogen-bond donors (Lipinski definition) is 1. The Morgan fingerprint density at radius 3 is 2.76 bits per heavy atom. The number of carbonyl (C=O) groups is 2. The molecule has 2 amide bonds. The second kappa shape index (κ2) is 7.98. The maximum Gasteiger partial charge on any atom is 0.253 e. The Kier molecular flexibility index (Phi) is 5.56. The van der Waals surface area contributed by atoms with E-state index >= 15 is 0 Å². The summed E-state index contributed by atoms with van der Waals surface area (Å²) in [7, 11) is 1.61. The lowest BCUT2D eigenvalue weighted by Gasteiger charge is -2.43. The van der Waals surface area contributed by atoms with Gasteiger partial charge in [0.15, 0.2) is 0 Å². The van der Waals surface area contributed by atoms with Crippen LogP contribution in [0, 0.1) is 11.8 Å². The molecule has 1 spiro atoms. The normalized spacial score (nSPS) is 27.0. The Balaban J connectivity index is 1.43. The lowest BCUT2D eigenvalue weighted by atomic mass is 9.75. The van der Waals surface area contributed by atoms with E-state index in [-0.39, 0.29) is 23.3 Å². The van der Waals surface area contributed by atoms with Crippen LogP contribution in [0.15, 0.2) is 24.3 Å². The van der Waals surface area contributed by atoms with Crippen molar-refractivity contribution < 1.29 is 14.3 Å². The van der Waals surface area contributed by atoms with Crippen LogP contribution < -0.4 is 10.1 Å². The SMILES string of the molecule is CCCC(C)N1C[C@H]2C(=O)NC3(CCN(C(=O)c4cccc(OC)c4)CC3)[C@H]2C1. The third-order valence-electron chi connectivity index (χ3n) is 7.36. The van der Waals surface area contributed by atoms with E-state index in [1.165, 1.54) is 12.8 Å². The van der Waals surface area contributed by atoms with Crippen LogP contribution in [0.1, 0.15) is 49.9 Å². The number of ether oxygens (including phenoxy) is 1. The summed E-state index contributed by atoms with van der Waals surface area (Å²) in [5, 5.41) is 3.36. The number of amides is 2. The van der Waals surface area contributed by atoms with Gasteiger partial charge in [-0.25, -0.2) is 0 Å². The molecular weight excluding hydrogens is 366 g/mol. The second-order valence-corrected chi connectivity index (χ2v) is 8.97. The minimum atomic E-state index is -0.145. The van der Waals surface area contributed by atoms with Crippen molar-refractivity contribution in [1.29, 1.82) is 0 Å². The van der Waals surface area contributed by atoms with Gasteiger partial charge in [-0.1, -0.05) is 19.4 Å². The van der Waals surface area contributed by atoms with Gasteiger partial charge in [0.1, 0.15) is 5.75 Å². The van der Waals surface area contributed by atoms with Crippen LogP contribution in [0.5, 0.6) is 5.75 Å². The summed E-state index contributed by atoms with van der Waals surface area (Å²) in [5.41, 5.74) is 0.516. The molecule has 3 heterocycles. The largest absolute Gasteiger partial charge is 0.497 e. The number of methoxy groups -OCH3 is 1. The minimum Gasteiger partial charge on any atom is -0.497 e. The van der Waals surface area contributed by atoms with Crippen LogP contribution in [0.25, 0.3) is 0 Å². The van der Waals surface area contributed by atoms with Crippen LogP contribution in [-0.2, 0) is 4.79 Å². The van der Waals surface area contributed by atoms with Gasteiger partial charge < -0.3 is 15.0 Å². The first-order valence-electron chi connectivity index (χ1n) is 11.0. The third-order valence-corrected chi connectivity index (χ3v) is 7.36. The molecule has 1 aromatic carbocycles. The summed E-state index contributed by atoms with van der Waals surface area (Å²) in [5.74, 6) is 1.43. The van der Waals surface area contributed by atoms with Crippen molar-refractivity contribution in [2.75, 3.05) is 33.3 Å². The first kappa shape index (κ1) is 20.2. The summed E-state index contributed by atoms with van der Waals surface area (Å²) in [6, 6.07) is 7.87. The van der Waals surface area contributed by atoms with Gasteiger partial charge in [-0.15, -0.1) is 0 Å². The van der Waals surface area contributed by atoms with Gasteiger partial charge in [-0.3, -0.25) is 14.5 Å². The third kappa shape index (κ3) is 3.63. The molecule has 0 saturated carbocycles. The van der Waals surface area contributed by atoms with Crippen molar-refractivity contribution >= 4 is 11.8 Å². The predicted octanol–water partition coefficient (Wildman–Crippen LogP) is 2.54. The standard InChI is InChI=1S/C23H33N3O3/c1-4-6-16(2)26-14-19-20(15-26)23(24-21(19)27)9-11-25(12-10-23)22(28)17-7-5-8-18(13-17)29-3/h5,7-8,13,16,19-20H,4,6,9-12,14-15H2,1-3H3,(H,24,27)/t16?,19-,20+/m1/s1. The molecule has 3 aliphatic heterocycles. The first-order chi connectivity index (χ1) is 14.0. The van der Waals surface area contributed by atoms with Crippen molar-refractivity contribution in [3.63, 3.8) is 0 Å². The molecule has 0 aromatic heterocycles. The highest BCUT2D eigenvalue weighted by molar-refractivity contribution is 5.94. The molecule has 0 bridgehead atoms. The number of likely N-dealkylation sites (tertiary alicyclic amines) is 2. The lowest BCUT2D eigenvalue weighted by molar-refractivity contribution is -0.123. The van der Waals surface area contributed by atoms with Crippen LogP contribution >= 0.6 is 0 Å². The first-order valence-corrected chi connectivity index (χ1v) is 11.0. The minimum absolute atomic E-state index is 0.0456. The quantitative estimate of drug-likeness (QED) is 0.827. The molecule has 158 valence electrons. The monoisotopic (exact) mass is 399 g/mol. The second-order valence-electron chi connectivity index (χ2n) is 8.97. The van der Waals surface area contributed by atoms with Crippen molar-refractivity contribution in [2.24, 2.45) is 11.8 Å². The number of carbonyl (C=O) groups excluding carboxylic acids is 2. The summed E-state index contributed by atoms with van der Waals surface area (Å²) < 4.78 is 5.25. The molecule has 3 saturated heterocycles. The van der Waals surface area contributed by atoms with Crippen LogP contribution in [-0.4, -0.2) is 66.5 Å². The smallest absolute Gasteiger partial charge is 0.253 e. The molecule has 3 aliphatic rings. The van der Waals surface area contributed by atoms with E-state index in [2.05, 4.69) is 24.1 Å². The van der Waals surface area contributed by atoms with Crippen molar-refractivity contribution in [1.82, 2.24) is 15.1 Å². The van der Waals surface area contributed by atoms with E-state index in [0.29, 0.717) is 36.4 Å². The van der Waals surface area contributed by atoms with Gasteiger partial charge >= 0.3 is 0 Å². The molecule has 4 rings (SSSR count). The molecule has 1 N–H and O–H groups in total. The van der Waals surface area contributed by atoms with E-state index < -0.39 is 0 Å². The summed E-state index contributed by atoms with van der Waals surface area (Å²) >= 11 is 0. The van der Waals surface area contributed by atoms with Crippen molar-refractivity contribution in [3.8, 4) is 5.75 Å². The van der Waals surface area contributed by atoms with Crippen LogP contribution in [0.3, 0.4) is 0 Å². The fourth-order valence-corrected chi connectivity index (χ4v) is 5.59. The van der Waals surface area contributed by atoms with E-state index in [0.717, 1.165) is 25.9 Å².